The number of ether oxygens (including phenoxy) is 1. The molecule has 0 radical (unpaired) electrons. The number of anilines is 1. The van der Waals surface area contributed by atoms with E-state index >= 15 is 0 Å². The summed E-state index contributed by atoms with van der Waals surface area (Å²) < 4.78 is 7.19. The molecule has 5 nitrogen and oxygen atoms in total. The van der Waals surface area contributed by atoms with Crippen LogP contribution in [0.3, 0.4) is 0 Å². The van der Waals surface area contributed by atoms with Gasteiger partial charge in [-0.15, -0.1) is 0 Å². The maximum absolute atomic E-state index is 12.6. The van der Waals surface area contributed by atoms with Crippen LogP contribution in [0.4, 0.5) is 5.69 Å². The number of para-hydroxylation sites is 1. The molecule has 0 aliphatic heterocycles. The van der Waals surface area contributed by atoms with E-state index in [2.05, 4.69) is 10.3 Å². The van der Waals surface area contributed by atoms with Crippen molar-refractivity contribution in [1.82, 2.24) is 9.55 Å². The highest BCUT2D eigenvalue weighted by atomic mass is 35.5. The van der Waals surface area contributed by atoms with E-state index in [4.69, 9.17) is 16.3 Å². The zero-order chi connectivity index (χ0) is 18.0. The molecule has 6 heteroatoms. The maximum Gasteiger partial charge on any atom is 0.259 e. The Morgan fingerprint density at radius 3 is 2.68 bits per heavy atom. The topological polar surface area (TPSA) is 56.1 Å². The fraction of sp³-hybridized carbons (Fsp3) is 0.158. The smallest absolute Gasteiger partial charge is 0.259 e. The van der Waals surface area contributed by atoms with Crippen LogP contribution in [0, 0.1) is 6.92 Å². The normalized spacial score (nSPS) is 10.6. The Labute approximate surface area is 151 Å². The van der Waals surface area contributed by atoms with Crippen LogP contribution in [0.15, 0.2) is 48.7 Å². The average molecular weight is 356 g/mol. The fourth-order valence-electron chi connectivity index (χ4n) is 2.55. The molecule has 0 atom stereocenters. The first-order valence-corrected chi connectivity index (χ1v) is 8.11. The number of nitrogens with zero attached hydrogens (tertiary/aromatic N) is 2. The third-order valence-electron chi connectivity index (χ3n) is 4.04. The van der Waals surface area contributed by atoms with Gasteiger partial charge in [0.1, 0.15) is 11.6 Å². The first kappa shape index (κ1) is 17.0. The second-order valence-corrected chi connectivity index (χ2v) is 6.04. The number of hydrogen-bond acceptors (Lipinski definition) is 3. The van der Waals surface area contributed by atoms with E-state index in [1.54, 1.807) is 36.5 Å². The molecule has 0 spiro atoms. The summed E-state index contributed by atoms with van der Waals surface area (Å²) in [7, 11) is 3.46. The molecular weight excluding hydrogens is 338 g/mol. The van der Waals surface area contributed by atoms with Crippen LogP contribution in [0.2, 0.25) is 5.02 Å². The van der Waals surface area contributed by atoms with Crippen LogP contribution in [0.25, 0.3) is 11.4 Å². The van der Waals surface area contributed by atoms with Gasteiger partial charge in [0.25, 0.3) is 5.91 Å². The van der Waals surface area contributed by atoms with Crippen LogP contribution >= 0.6 is 11.6 Å². The molecule has 1 N–H and O–H groups in total. The molecule has 1 amide bonds. The fourth-order valence-corrected chi connectivity index (χ4v) is 2.75. The van der Waals surface area contributed by atoms with E-state index in [0.717, 1.165) is 17.1 Å². The number of aromatic nitrogens is 2. The van der Waals surface area contributed by atoms with Crippen molar-refractivity contribution in [3.05, 3.63) is 64.9 Å². The number of imidazole rings is 1. The number of halogens is 1. The lowest BCUT2D eigenvalue weighted by molar-refractivity contribution is 0.102. The number of rotatable bonds is 4. The molecule has 0 fully saturated rings. The van der Waals surface area contributed by atoms with Gasteiger partial charge in [-0.3, -0.25) is 4.79 Å². The SMILES string of the molecule is COc1ccccc1C(=O)Nc1ccc(Cl)c(-c2ncc(C)n2C)c1. The summed E-state index contributed by atoms with van der Waals surface area (Å²) in [5, 5.41) is 3.46. The predicted molar refractivity (Wildman–Crippen MR) is 99.3 cm³/mol. The van der Waals surface area contributed by atoms with Gasteiger partial charge >= 0.3 is 0 Å². The summed E-state index contributed by atoms with van der Waals surface area (Å²) >= 11 is 6.33. The molecule has 2 aromatic carbocycles. The van der Waals surface area contributed by atoms with Gasteiger partial charge in [0.2, 0.25) is 0 Å². The summed E-state index contributed by atoms with van der Waals surface area (Å²) in [6.45, 7) is 1.97. The molecule has 0 aliphatic carbocycles. The lowest BCUT2D eigenvalue weighted by Crippen LogP contribution is -2.13. The predicted octanol–water partition coefficient (Wildman–Crippen LogP) is 4.31. The Morgan fingerprint density at radius 2 is 2.00 bits per heavy atom. The molecule has 0 saturated heterocycles. The minimum atomic E-state index is -0.248. The van der Waals surface area contributed by atoms with Crippen LogP contribution in [-0.2, 0) is 7.05 Å². The summed E-state index contributed by atoms with van der Waals surface area (Å²) in [5.41, 5.74) is 2.88. The largest absolute Gasteiger partial charge is 0.496 e. The van der Waals surface area contributed by atoms with Crippen molar-refractivity contribution < 1.29 is 9.53 Å². The van der Waals surface area contributed by atoms with E-state index in [1.165, 1.54) is 7.11 Å². The van der Waals surface area contributed by atoms with Gasteiger partial charge in [-0.25, -0.2) is 4.98 Å². The van der Waals surface area contributed by atoms with Gasteiger partial charge in [0.05, 0.1) is 17.7 Å². The molecular formula is C19H18ClN3O2. The minimum Gasteiger partial charge on any atom is -0.496 e. The van der Waals surface area contributed by atoms with Crippen LogP contribution in [-0.4, -0.2) is 22.6 Å². The second kappa shape index (κ2) is 6.99. The first-order chi connectivity index (χ1) is 12.0. The molecule has 25 heavy (non-hydrogen) atoms. The van der Waals surface area contributed by atoms with E-state index in [1.807, 2.05) is 30.7 Å². The molecule has 1 heterocycles. The number of benzene rings is 2. The molecule has 0 unspecified atom stereocenters. The van der Waals surface area contributed by atoms with Crippen molar-refractivity contribution >= 4 is 23.2 Å². The number of methoxy groups -OCH3 is 1. The van der Waals surface area contributed by atoms with E-state index < -0.39 is 0 Å². The molecule has 0 saturated carbocycles. The highest BCUT2D eigenvalue weighted by Crippen LogP contribution is 2.30. The van der Waals surface area contributed by atoms with Crippen molar-refractivity contribution in [2.45, 2.75) is 6.92 Å². The van der Waals surface area contributed by atoms with Crippen LogP contribution < -0.4 is 10.1 Å². The van der Waals surface area contributed by atoms with E-state index in [-0.39, 0.29) is 5.91 Å². The molecule has 1 aromatic heterocycles. The average Bonchev–Trinajstić information content (AvgIpc) is 2.95. The number of carbonyl (C=O) groups is 1. The molecule has 0 aliphatic rings. The van der Waals surface area contributed by atoms with Gasteiger partial charge in [0, 0.05) is 30.2 Å². The van der Waals surface area contributed by atoms with Crippen molar-refractivity contribution in [2.24, 2.45) is 7.05 Å². The zero-order valence-electron chi connectivity index (χ0n) is 14.2. The summed E-state index contributed by atoms with van der Waals surface area (Å²) in [5.74, 6) is 1.02. The van der Waals surface area contributed by atoms with Crippen molar-refractivity contribution in [3.8, 4) is 17.1 Å². The monoisotopic (exact) mass is 355 g/mol. The lowest BCUT2D eigenvalue weighted by atomic mass is 10.1. The van der Waals surface area contributed by atoms with Crippen molar-refractivity contribution in [3.63, 3.8) is 0 Å². The molecule has 0 bridgehead atoms. The maximum atomic E-state index is 12.6. The summed E-state index contributed by atoms with van der Waals surface area (Å²) in [6, 6.07) is 12.4. The third kappa shape index (κ3) is 3.37. The first-order valence-electron chi connectivity index (χ1n) is 7.74. The van der Waals surface area contributed by atoms with Gasteiger partial charge < -0.3 is 14.6 Å². The Balaban J connectivity index is 1.93. The van der Waals surface area contributed by atoms with Gasteiger partial charge in [-0.2, -0.15) is 0 Å². The van der Waals surface area contributed by atoms with E-state index in [9.17, 15) is 4.79 Å². The number of nitrogens with one attached hydrogen (secondary N) is 1. The van der Waals surface area contributed by atoms with Gasteiger partial charge in [-0.1, -0.05) is 23.7 Å². The number of aryl methyl sites for hydroxylation is 1. The van der Waals surface area contributed by atoms with Crippen LogP contribution in [0.5, 0.6) is 5.75 Å². The zero-order valence-corrected chi connectivity index (χ0v) is 15.0. The molecule has 3 aromatic rings. The van der Waals surface area contributed by atoms with Crippen molar-refractivity contribution in [2.75, 3.05) is 12.4 Å². The molecule has 3 rings (SSSR count). The highest BCUT2D eigenvalue weighted by Gasteiger charge is 2.15. The standard InChI is InChI=1S/C19H18ClN3O2/c1-12-11-21-18(23(12)2)15-10-13(8-9-16(15)20)22-19(24)14-6-4-5-7-17(14)25-3/h4-11H,1-3H3,(H,22,24). The summed E-state index contributed by atoms with van der Waals surface area (Å²) in [4.78, 5) is 17.0. The Morgan fingerprint density at radius 1 is 1.24 bits per heavy atom. The van der Waals surface area contributed by atoms with Gasteiger partial charge in [0.15, 0.2) is 0 Å². The summed E-state index contributed by atoms with van der Waals surface area (Å²) in [6.07, 6.45) is 1.78. The number of carbonyl (C=O) groups excluding carboxylic acids is 1. The Hall–Kier alpha value is -2.79. The van der Waals surface area contributed by atoms with Crippen LogP contribution in [0.1, 0.15) is 16.1 Å². The quantitative estimate of drug-likeness (QED) is 0.758. The lowest BCUT2D eigenvalue weighted by Gasteiger charge is -2.11. The van der Waals surface area contributed by atoms with E-state index in [0.29, 0.717) is 22.0 Å². The third-order valence-corrected chi connectivity index (χ3v) is 4.37. The van der Waals surface area contributed by atoms with Gasteiger partial charge in [-0.05, 0) is 37.3 Å². The number of hydrogen-bond donors (Lipinski definition) is 1. The van der Waals surface area contributed by atoms with Crippen molar-refractivity contribution in [1.29, 1.82) is 0 Å². The molecule has 128 valence electrons. The Bertz CT molecular complexity index is 934. The highest BCUT2D eigenvalue weighted by molar-refractivity contribution is 6.33. The Kier molecular flexibility index (Phi) is 4.76. The minimum absolute atomic E-state index is 0.248. The second-order valence-electron chi connectivity index (χ2n) is 5.63. The number of amides is 1.